The maximum Gasteiger partial charge on any atom is 0.121 e. The third-order valence-electron chi connectivity index (χ3n) is 3.25. The lowest BCUT2D eigenvalue weighted by Crippen LogP contribution is -2.35. The highest BCUT2D eigenvalue weighted by Crippen LogP contribution is 2.26. The molecule has 0 saturated heterocycles. The highest BCUT2D eigenvalue weighted by molar-refractivity contribution is 5.05. The standard InChI is InChI=1S/C12H20N2O/c1-9-4-5-10(7-9)14-11(8-13)12-3-2-6-15-12/h2-3,6,9-11,14H,4-5,7-8,13H2,1H3. The molecule has 1 fully saturated rings. The van der Waals surface area contributed by atoms with E-state index in [1.54, 1.807) is 6.26 Å². The molecule has 1 saturated carbocycles. The van der Waals surface area contributed by atoms with Crippen molar-refractivity contribution < 1.29 is 4.42 Å². The Hall–Kier alpha value is -0.800. The fourth-order valence-electron chi connectivity index (χ4n) is 2.40. The minimum atomic E-state index is 0.176. The SMILES string of the molecule is CC1CCC(NC(CN)c2ccco2)C1. The summed E-state index contributed by atoms with van der Waals surface area (Å²) in [4.78, 5) is 0. The van der Waals surface area contributed by atoms with Gasteiger partial charge in [0.05, 0.1) is 12.3 Å². The molecule has 3 heteroatoms. The van der Waals surface area contributed by atoms with Crippen molar-refractivity contribution in [2.75, 3.05) is 6.54 Å². The maximum absolute atomic E-state index is 5.75. The minimum Gasteiger partial charge on any atom is -0.468 e. The Balaban J connectivity index is 1.91. The quantitative estimate of drug-likeness (QED) is 0.796. The number of hydrogen-bond donors (Lipinski definition) is 2. The fraction of sp³-hybridized carbons (Fsp3) is 0.667. The molecule has 1 heterocycles. The molecule has 0 aromatic carbocycles. The lowest BCUT2D eigenvalue weighted by atomic mass is 10.1. The summed E-state index contributed by atoms with van der Waals surface area (Å²) in [5.74, 6) is 1.80. The molecule has 0 bridgehead atoms. The van der Waals surface area contributed by atoms with Crippen molar-refractivity contribution in [3.63, 3.8) is 0 Å². The van der Waals surface area contributed by atoms with Gasteiger partial charge >= 0.3 is 0 Å². The van der Waals surface area contributed by atoms with Gasteiger partial charge in [-0.25, -0.2) is 0 Å². The van der Waals surface area contributed by atoms with Gasteiger partial charge in [-0.1, -0.05) is 6.92 Å². The monoisotopic (exact) mass is 208 g/mol. The van der Waals surface area contributed by atoms with Gasteiger partial charge in [0, 0.05) is 12.6 Å². The molecule has 84 valence electrons. The van der Waals surface area contributed by atoms with Crippen LogP contribution in [0.5, 0.6) is 0 Å². The second-order valence-electron chi connectivity index (χ2n) is 4.59. The van der Waals surface area contributed by atoms with Gasteiger partial charge in [-0.2, -0.15) is 0 Å². The molecule has 1 aromatic rings. The molecule has 3 N–H and O–H groups in total. The van der Waals surface area contributed by atoms with E-state index in [2.05, 4.69) is 12.2 Å². The molecule has 1 aromatic heterocycles. The summed E-state index contributed by atoms with van der Waals surface area (Å²) in [7, 11) is 0. The Morgan fingerprint density at radius 2 is 2.47 bits per heavy atom. The van der Waals surface area contributed by atoms with Gasteiger partial charge in [0.25, 0.3) is 0 Å². The number of hydrogen-bond acceptors (Lipinski definition) is 3. The number of nitrogens with one attached hydrogen (secondary N) is 1. The van der Waals surface area contributed by atoms with Crippen LogP contribution >= 0.6 is 0 Å². The summed E-state index contributed by atoms with van der Waals surface area (Å²) in [6.07, 6.45) is 5.56. The van der Waals surface area contributed by atoms with Crippen molar-refractivity contribution in [1.82, 2.24) is 5.32 Å². The molecule has 0 amide bonds. The smallest absolute Gasteiger partial charge is 0.121 e. The molecule has 3 nitrogen and oxygen atoms in total. The van der Waals surface area contributed by atoms with Gasteiger partial charge in [0.1, 0.15) is 5.76 Å². The molecule has 0 spiro atoms. The molecule has 1 aliphatic carbocycles. The number of nitrogens with two attached hydrogens (primary N) is 1. The van der Waals surface area contributed by atoms with E-state index < -0.39 is 0 Å². The van der Waals surface area contributed by atoms with Crippen LogP contribution in [0.15, 0.2) is 22.8 Å². The zero-order valence-corrected chi connectivity index (χ0v) is 9.28. The zero-order chi connectivity index (χ0) is 10.7. The van der Waals surface area contributed by atoms with Gasteiger partial charge in [-0.05, 0) is 37.3 Å². The van der Waals surface area contributed by atoms with Crippen molar-refractivity contribution in [3.8, 4) is 0 Å². The Bertz CT molecular complexity index is 284. The highest BCUT2D eigenvalue weighted by atomic mass is 16.3. The average Bonchev–Trinajstić information content (AvgIpc) is 2.85. The van der Waals surface area contributed by atoms with Gasteiger partial charge in [0.2, 0.25) is 0 Å². The van der Waals surface area contributed by atoms with Crippen LogP contribution in [0.2, 0.25) is 0 Å². The third kappa shape index (κ3) is 2.61. The van der Waals surface area contributed by atoms with E-state index in [-0.39, 0.29) is 6.04 Å². The van der Waals surface area contributed by atoms with Gasteiger partial charge < -0.3 is 15.5 Å². The van der Waals surface area contributed by atoms with Crippen LogP contribution in [0, 0.1) is 5.92 Å². The summed E-state index contributed by atoms with van der Waals surface area (Å²) < 4.78 is 5.38. The number of rotatable bonds is 4. The predicted octanol–water partition coefficient (Wildman–Crippen LogP) is 2.06. The Morgan fingerprint density at radius 3 is 3.00 bits per heavy atom. The minimum absolute atomic E-state index is 0.176. The largest absolute Gasteiger partial charge is 0.468 e. The van der Waals surface area contributed by atoms with E-state index >= 15 is 0 Å². The molecule has 0 aliphatic heterocycles. The molecular weight excluding hydrogens is 188 g/mol. The fourth-order valence-corrected chi connectivity index (χ4v) is 2.40. The van der Waals surface area contributed by atoms with Crippen molar-refractivity contribution in [1.29, 1.82) is 0 Å². The molecule has 2 rings (SSSR count). The second kappa shape index (κ2) is 4.81. The van der Waals surface area contributed by atoms with E-state index in [4.69, 9.17) is 10.2 Å². The van der Waals surface area contributed by atoms with E-state index in [1.165, 1.54) is 19.3 Å². The lowest BCUT2D eigenvalue weighted by Gasteiger charge is -2.19. The second-order valence-corrected chi connectivity index (χ2v) is 4.59. The first-order valence-corrected chi connectivity index (χ1v) is 5.79. The Morgan fingerprint density at radius 1 is 1.60 bits per heavy atom. The highest BCUT2D eigenvalue weighted by Gasteiger charge is 2.24. The third-order valence-corrected chi connectivity index (χ3v) is 3.25. The van der Waals surface area contributed by atoms with Gasteiger partial charge in [-0.3, -0.25) is 0 Å². The normalized spacial score (nSPS) is 28.1. The summed E-state index contributed by atoms with van der Waals surface area (Å²) in [6.45, 7) is 2.91. The van der Waals surface area contributed by atoms with Crippen LogP contribution < -0.4 is 11.1 Å². The zero-order valence-electron chi connectivity index (χ0n) is 9.28. The van der Waals surface area contributed by atoms with Crippen LogP contribution in [-0.4, -0.2) is 12.6 Å². The molecule has 3 unspecified atom stereocenters. The van der Waals surface area contributed by atoms with Gasteiger partial charge in [-0.15, -0.1) is 0 Å². The van der Waals surface area contributed by atoms with Crippen molar-refractivity contribution in [2.45, 2.75) is 38.3 Å². The van der Waals surface area contributed by atoms with E-state index in [0.29, 0.717) is 12.6 Å². The summed E-state index contributed by atoms with van der Waals surface area (Å²) >= 11 is 0. The van der Waals surface area contributed by atoms with Crippen molar-refractivity contribution in [2.24, 2.45) is 11.7 Å². The number of furan rings is 1. The first kappa shape index (κ1) is 10.7. The van der Waals surface area contributed by atoms with E-state index in [0.717, 1.165) is 11.7 Å². The van der Waals surface area contributed by atoms with Crippen LogP contribution in [0.1, 0.15) is 38.0 Å². The topological polar surface area (TPSA) is 51.2 Å². The van der Waals surface area contributed by atoms with Gasteiger partial charge in [0.15, 0.2) is 0 Å². The summed E-state index contributed by atoms with van der Waals surface area (Å²) in [5.41, 5.74) is 5.75. The Labute approximate surface area is 91.0 Å². The van der Waals surface area contributed by atoms with E-state index in [1.807, 2.05) is 12.1 Å². The van der Waals surface area contributed by atoms with Crippen molar-refractivity contribution in [3.05, 3.63) is 24.2 Å². The van der Waals surface area contributed by atoms with Crippen molar-refractivity contribution >= 4 is 0 Å². The first-order chi connectivity index (χ1) is 7.29. The first-order valence-electron chi connectivity index (χ1n) is 5.79. The molecule has 0 radical (unpaired) electrons. The Kier molecular flexibility index (Phi) is 3.44. The van der Waals surface area contributed by atoms with Crippen LogP contribution in [-0.2, 0) is 0 Å². The molecule has 1 aliphatic rings. The summed E-state index contributed by atoms with van der Waals surface area (Å²) in [5, 5.41) is 3.58. The average molecular weight is 208 g/mol. The van der Waals surface area contributed by atoms with Crippen LogP contribution in [0.4, 0.5) is 0 Å². The predicted molar refractivity (Wildman–Crippen MR) is 60.4 cm³/mol. The summed E-state index contributed by atoms with van der Waals surface area (Å²) in [6, 6.07) is 4.69. The molecular formula is C12H20N2O. The molecule has 15 heavy (non-hydrogen) atoms. The molecule has 3 atom stereocenters. The maximum atomic E-state index is 5.75. The lowest BCUT2D eigenvalue weighted by molar-refractivity contribution is 0.372. The van der Waals surface area contributed by atoms with E-state index in [9.17, 15) is 0 Å². The van der Waals surface area contributed by atoms with Crippen LogP contribution in [0.3, 0.4) is 0 Å². The van der Waals surface area contributed by atoms with Crippen LogP contribution in [0.25, 0.3) is 0 Å².